The Morgan fingerprint density at radius 3 is 2.25 bits per heavy atom. The van der Waals surface area contributed by atoms with Crippen LogP contribution in [0.3, 0.4) is 0 Å². The van der Waals surface area contributed by atoms with E-state index in [-0.39, 0.29) is 18.9 Å². The molecule has 1 rings (SSSR count). The molecular weight excluding hydrogens is 256 g/mol. The fourth-order valence-electron chi connectivity index (χ4n) is 1.99. The first-order valence-corrected chi connectivity index (χ1v) is 6.88. The van der Waals surface area contributed by atoms with E-state index < -0.39 is 5.97 Å². The van der Waals surface area contributed by atoms with Crippen LogP contribution in [0.15, 0.2) is 30.3 Å². The maximum atomic E-state index is 12.3. The van der Waals surface area contributed by atoms with Crippen molar-refractivity contribution in [1.29, 1.82) is 0 Å². The number of hydrogen-bond donors (Lipinski definition) is 1. The van der Waals surface area contributed by atoms with Gasteiger partial charge in [-0.05, 0) is 25.6 Å². The zero-order valence-corrected chi connectivity index (χ0v) is 12.1. The number of rotatable bonds is 8. The van der Waals surface area contributed by atoms with Gasteiger partial charge in [-0.15, -0.1) is 0 Å². The van der Waals surface area contributed by atoms with E-state index in [0.29, 0.717) is 19.6 Å². The topological polar surface area (TPSA) is 60.9 Å². The summed E-state index contributed by atoms with van der Waals surface area (Å²) in [6, 6.07) is 9.50. The quantitative estimate of drug-likeness (QED) is 0.788. The van der Waals surface area contributed by atoms with Crippen molar-refractivity contribution >= 4 is 17.6 Å². The molecule has 1 aromatic carbocycles. The number of carbonyl (C=O) groups excluding carboxylic acids is 1. The van der Waals surface area contributed by atoms with Gasteiger partial charge in [0.25, 0.3) is 0 Å². The average molecular weight is 278 g/mol. The van der Waals surface area contributed by atoms with Gasteiger partial charge in [-0.1, -0.05) is 25.1 Å². The van der Waals surface area contributed by atoms with Gasteiger partial charge in [-0.2, -0.15) is 0 Å². The van der Waals surface area contributed by atoms with Crippen LogP contribution in [0.25, 0.3) is 0 Å². The van der Waals surface area contributed by atoms with Crippen LogP contribution in [0, 0.1) is 0 Å². The van der Waals surface area contributed by atoms with E-state index in [2.05, 4.69) is 0 Å². The zero-order chi connectivity index (χ0) is 15.0. The number of amides is 1. The summed E-state index contributed by atoms with van der Waals surface area (Å²) < 4.78 is 0. The van der Waals surface area contributed by atoms with Gasteiger partial charge in [0.15, 0.2) is 0 Å². The summed E-state index contributed by atoms with van der Waals surface area (Å²) in [5, 5.41) is 8.70. The van der Waals surface area contributed by atoms with E-state index in [9.17, 15) is 9.59 Å². The molecule has 0 unspecified atom stereocenters. The molecule has 5 nitrogen and oxygen atoms in total. The van der Waals surface area contributed by atoms with Crippen LogP contribution in [0.4, 0.5) is 5.69 Å². The third kappa shape index (κ3) is 5.01. The molecule has 0 saturated heterocycles. The summed E-state index contributed by atoms with van der Waals surface area (Å²) in [5.41, 5.74) is 0.870. The molecule has 1 N–H and O–H groups in total. The van der Waals surface area contributed by atoms with Crippen molar-refractivity contribution in [2.75, 3.05) is 31.1 Å². The van der Waals surface area contributed by atoms with E-state index in [0.717, 1.165) is 5.69 Å². The number of aliphatic carboxylic acids is 1. The summed E-state index contributed by atoms with van der Waals surface area (Å²) in [5.74, 6) is -0.850. The minimum atomic E-state index is -0.841. The molecule has 0 saturated carbocycles. The summed E-state index contributed by atoms with van der Waals surface area (Å²) in [4.78, 5) is 26.5. The highest BCUT2D eigenvalue weighted by Crippen LogP contribution is 2.13. The predicted octanol–water partition coefficient (Wildman–Crippen LogP) is 1.84. The number of nitrogens with zero attached hydrogens (tertiary/aromatic N) is 2. The lowest BCUT2D eigenvalue weighted by Gasteiger charge is -2.25. The number of carboxylic acids is 1. The Labute approximate surface area is 119 Å². The minimum Gasteiger partial charge on any atom is -0.481 e. The lowest BCUT2D eigenvalue weighted by molar-refractivity contribution is -0.137. The Bertz CT molecular complexity index is 434. The highest BCUT2D eigenvalue weighted by molar-refractivity contribution is 5.94. The molecular formula is C15H22N2O3. The minimum absolute atomic E-state index is 0.00839. The summed E-state index contributed by atoms with van der Waals surface area (Å²) >= 11 is 0. The first-order chi connectivity index (χ1) is 9.58. The summed E-state index contributed by atoms with van der Waals surface area (Å²) in [6.45, 7) is 5.74. The Morgan fingerprint density at radius 2 is 1.75 bits per heavy atom. The van der Waals surface area contributed by atoms with Crippen molar-refractivity contribution in [2.24, 2.45) is 0 Å². The second kappa shape index (κ2) is 8.32. The second-order valence-corrected chi connectivity index (χ2v) is 4.49. The van der Waals surface area contributed by atoms with Crippen molar-refractivity contribution < 1.29 is 14.7 Å². The van der Waals surface area contributed by atoms with Gasteiger partial charge in [-0.25, -0.2) is 0 Å². The molecule has 1 aromatic rings. The molecule has 20 heavy (non-hydrogen) atoms. The molecule has 0 spiro atoms. The monoisotopic (exact) mass is 278 g/mol. The molecule has 0 atom stereocenters. The summed E-state index contributed by atoms with van der Waals surface area (Å²) in [7, 11) is 0. The van der Waals surface area contributed by atoms with Crippen LogP contribution in [0.5, 0.6) is 0 Å². The highest BCUT2D eigenvalue weighted by atomic mass is 16.4. The first kappa shape index (κ1) is 16.2. The molecule has 0 heterocycles. The van der Waals surface area contributed by atoms with Crippen LogP contribution in [-0.4, -0.2) is 48.1 Å². The Kier molecular flexibility index (Phi) is 6.73. The Morgan fingerprint density at radius 1 is 1.10 bits per heavy atom. The third-order valence-corrected chi connectivity index (χ3v) is 3.13. The molecule has 1 amide bonds. The van der Waals surface area contributed by atoms with E-state index in [1.165, 1.54) is 0 Å². The first-order valence-electron chi connectivity index (χ1n) is 6.88. The Balaban J connectivity index is 2.64. The van der Waals surface area contributed by atoms with Gasteiger partial charge in [-0.3, -0.25) is 14.5 Å². The molecule has 110 valence electrons. The summed E-state index contributed by atoms with van der Waals surface area (Å²) in [6.07, 6.45) is 0.0541. The molecule has 0 radical (unpaired) electrons. The van der Waals surface area contributed by atoms with Crippen LogP contribution < -0.4 is 4.90 Å². The smallest absolute Gasteiger partial charge is 0.304 e. The van der Waals surface area contributed by atoms with E-state index in [1.54, 1.807) is 4.90 Å². The number of para-hydroxylation sites is 1. The van der Waals surface area contributed by atoms with Gasteiger partial charge in [0, 0.05) is 18.8 Å². The maximum absolute atomic E-state index is 12.3. The standard InChI is InChI=1S/C15H22N2O3/c1-3-16(11-10-15(19)20)12-14(18)17(4-2)13-8-6-5-7-9-13/h5-9H,3-4,10-12H2,1-2H3,(H,19,20). The molecule has 0 aliphatic carbocycles. The maximum Gasteiger partial charge on any atom is 0.304 e. The Hall–Kier alpha value is -1.88. The van der Waals surface area contributed by atoms with Gasteiger partial charge in [0.1, 0.15) is 0 Å². The largest absolute Gasteiger partial charge is 0.481 e. The number of carbonyl (C=O) groups is 2. The molecule has 0 aromatic heterocycles. The second-order valence-electron chi connectivity index (χ2n) is 4.49. The van der Waals surface area contributed by atoms with Gasteiger partial charge in [0.05, 0.1) is 13.0 Å². The van der Waals surface area contributed by atoms with Crippen molar-refractivity contribution in [2.45, 2.75) is 20.3 Å². The molecule has 0 aliphatic heterocycles. The number of hydrogen-bond acceptors (Lipinski definition) is 3. The molecule has 5 heteroatoms. The van der Waals surface area contributed by atoms with Crippen LogP contribution >= 0.6 is 0 Å². The fraction of sp³-hybridized carbons (Fsp3) is 0.467. The SMILES string of the molecule is CCN(CCC(=O)O)CC(=O)N(CC)c1ccccc1. The lowest BCUT2D eigenvalue weighted by atomic mass is 10.2. The van der Waals surface area contributed by atoms with E-state index in [1.807, 2.05) is 49.1 Å². The number of benzene rings is 1. The normalized spacial score (nSPS) is 10.6. The molecule has 0 bridgehead atoms. The van der Waals surface area contributed by atoms with Crippen molar-refractivity contribution in [3.8, 4) is 0 Å². The van der Waals surface area contributed by atoms with E-state index >= 15 is 0 Å². The number of likely N-dealkylation sites (N-methyl/N-ethyl adjacent to an activating group) is 2. The fourth-order valence-corrected chi connectivity index (χ4v) is 1.99. The van der Waals surface area contributed by atoms with Gasteiger partial charge >= 0.3 is 5.97 Å². The number of anilines is 1. The van der Waals surface area contributed by atoms with Crippen molar-refractivity contribution in [1.82, 2.24) is 4.90 Å². The highest BCUT2D eigenvalue weighted by Gasteiger charge is 2.17. The van der Waals surface area contributed by atoms with Gasteiger partial charge < -0.3 is 10.0 Å². The lowest BCUT2D eigenvalue weighted by Crippen LogP contribution is -2.41. The average Bonchev–Trinajstić information content (AvgIpc) is 2.45. The molecule has 0 fully saturated rings. The van der Waals surface area contributed by atoms with Crippen LogP contribution in [-0.2, 0) is 9.59 Å². The molecule has 0 aliphatic rings. The zero-order valence-electron chi connectivity index (χ0n) is 12.1. The third-order valence-electron chi connectivity index (χ3n) is 3.13. The van der Waals surface area contributed by atoms with Crippen molar-refractivity contribution in [3.63, 3.8) is 0 Å². The van der Waals surface area contributed by atoms with E-state index in [4.69, 9.17) is 5.11 Å². The predicted molar refractivity (Wildman–Crippen MR) is 78.8 cm³/mol. The van der Waals surface area contributed by atoms with Gasteiger partial charge in [0.2, 0.25) is 5.91 Å². The van der Waals surface area contributed by atoms with Crippen LogP contribution in [0.1, 0.15) is 20.3 Å². The van der Waals surface area contributed by atoms with Crippen molar-refractivity contribution in [3.05, 3.63) is 30.3 Å². The number of carboxylic acid groups (broad SMARTS) is 1. The van der Waals surface area contributed by atoms with Crippen LogP contribution in [0.2, 0.25) is 0 Å².